The number of fused-ring (bicyclic) bond motifs is 1. The van der Waals surface area contributed by atoms with Crippen molar-refractivity contribution in [2.75, 3.05) is 45.0 Å². The summed E-state index contributed by atoms with van der Waals surface area (Å²) in [4.78, 5) is 25.5. The summed E-state index contributed by atoms with van der Waals surface area (Å²) in [7, 11) is 1.70. The van der Waals surface area contributed by atoms with Crippen molar-refractivity contribution >= 4 is 11.7 Å². The second kappa shape index (κ2) is 11.0. The fourth-order valence-electron chi connectivity index (χ4n) is 5.37. The van der Waals surface area contributed by atoms with Crippen LogP contribution in [0.1, 0.15) is 46.4 Å². The molecule has 5 rings (SSSR count). The molecule has 0 spiro atoms. The highest BCUT2D eigenvalue weighted by Crippen LogP contribution is 2.35. The van der Waals surface area contributed by atoms with Gasteiger partial charge in [0.1, 0.15) is 23.6 Å². The van der Waals surface area contributed by atoms with Crippen LogP contribution < -0.4 is 15.0 Å². The van der Waals surface area contributed by atoms with E-state index in [9.17, 15) is 18.0 Å². The van der Waals surface area contributed by atoms with E-state index in [-0.39, 0.29) is 37.4 Å². The number of hydrogen-bond donors (Lipinski definition) is 1. The Morgan fingerprint density at radius 3 is 2.71 bits per heavy atom. The Bertz CT molecular complexity index is 1160. The lowest BCUT2D eigenvalue weighted by Gasteiger charge is -2.38. The highest BCUT2D eigenvalue weighted by atomic mass is 19.4. The highest BCUT2D eigenvalue weighted by Gasteiger charge is 2.34. The van der Waals surface area contributed by atoms with Gasteiger partial charge in [-0.2, -0.15) is 13.2 Å². The molecule has 9 nitrogen and oxygen atoms in total. The molecule has 0 radical (unpaired) electrons. The maximum atomic E-state index is 13.4. The van der Waals surface area contributed by atoms with Gasteiger partial charge in [0, 0.05) is 50.0 Å². The molecule has 0 unspecified atom stereocenters. The van der Waals surface area contributed by atoms with Crippen LogP contribution in [0.3, 0.4) is 0 Å². The van der Waals surface area contributed by atoms with E-state index < -0.39 is 11.7 Å². The molecule has 38 heavy (non-hydrogen) atoms. The van der Waals surface area contributed by atoms with Gasteiger partial charge in [0.15, 0.2) is 6.73 Å². The van der Waals surface area contributed by atoms with Crippen molar-refractivity contribution in [2.45, 2.75) is 57.1 Å². The van der Waals surface area contributed by atoms with Crippen molar-refractivity contribution in [3.63, 3.8) is 0 Å². The average molecular weight is 536 g/mol. The second-order valence-electron chi connectivity index (χ2n) is 9.94. The number of nitrogens with zero attached hydrogens (tertiary/aromatic N) is 4. The van der Waals surface area contributed by atoms with Gasteiger partial charge in [-0.25, -0.2) is 9.97 Å². The Morgan fingerprint density at radius 2 is 1.97 bits per heavy atom. The first-order valence-electron chi connectivity index (χ1n) is 12.8. The molecule has 1 amide bonds. The summed E-state index contributed by atoms with van der Waals surface area (Å²) in [6, 6.07) is 3.97. The molecule has 0 aliphatic carbocycles. The molecule has 2 saturated heterocycles. The number of ether oxygens (including phenoxy) is 3. The van der Waals surface area contributed by atoms with Crippen LogP contribution in [0.15, 0.2) is 24.5 Å². The van der Waals surface area contributed by atoms with Crippen LogP contribution in [0.4, 0.5) is 19.0 Å². The number of anilines is 1. The molecule has 1 N–H and O–H groups in total. The normalized spacial score (nSPS) is 22.7. The minimum absolute atomic E-state index is 0.0243. The van der Waals surface area contributed by atoms with Crippen molar-refractivity contribution < 1.29 is 32.2 Å². The molecule has 3 aliphatic rings. The number of piperidine rings is 1. The van der Waals surface area contributed by atoms with Crippen LogP contribution in [0.25, 0.3) is 0 Å². The van der Waals surface area contributed by atoms with Gasteiger partial charge in [-0.3, -0.25) is 4.79 Å². The topological polar surface area (TPSA) is 89.1 Å². The van der Waals surface area contributed by atoms with Gasteiger partial charge < -0.3 is 29.3 Å². The number of benzene rings is 1. The molecule has 1 aromatic carbocycles. The number of carbonyl (C=O) groups is 1. The number of carbonyl (C=O) groups excluding carboxylic acids is 1. The summed E-state index contributed by atoms with van der Waals surface area (Å²) in [6.45, 7) is 4.52. The number of amides is 1. The molecule has 0 saturated carbocycles. The van der Waals surface area contributed by atoms with Crippen molar-refractivity contribution in [2.24, 2.45) is 0 Å². The molecule has 12 heteroatoms. The first kappa shape index (κ1) is 26.6. The minimum atomic E-state index is -4.44. The number of likely N-dealkylation sites (tertiary alicyclic amines) is 1. The third-order valence-corrected chi connectivity index (χ3v) is 7.52. The zero-order chi connectivity index (χ0) is 26.9. The zero-order valence-corrected chi connectivity index (χ0v) is 21.5. The van der Waals surface area contributed by atoms with E-state index in [0.717, 1.165) is 31.4 Å². The SMILES string of the molecule is CO[C@@H]1COCC[C@@H]1NC1CCN(C(=O)c2ncnc(N3COc4ccc(C(F)(F)F)cc4C3)c2C)CC1. The summed E-state index contributed by atoms with van der Waals surface area (Å²) >= 11 is 0. The van der Waals surface area contributed by atoms with E-state index in [1.54, 1.807) is 23.8 Å². The van der Waals surface area contributed by atoms with E-state index in [0.29, 0.717) is 54.7 Å². The van der Waals surface area contributed by atoms with E-state index >= 15 is 0 Å². The lowest BCUT2D eigenvalue weighted by Crippen LogP contribution is -2.54. The minimum Gasteiger partial charge on any atom is -0.473 e. The van der Waals surface area contributed by atoms with Crippen LogP contribution >= 0.6 is 0 Å². The Labute approximate surface area is 219 Å². The second-order valence-corrected chi connectivity index (χ2v) is 9.94. The standard InChI is InChI=1S/C26H32F3N5O4/c1-16-23(25(35)33-8-5-19(6-9-33)32-20-7-10-37-13-22(20)36-2)30-14-31-24(16)34-12-17-11-18(26(27,28)29)3-4-21(17)38-15-34/h3-4,11,14,19-20,22,32H,5-10,12-13,15H2,1-2H3/t20-,22+/m0/s1. The summed E-state index contributed by atoms with van der Waals surface area (Å²) < 4.78 is 56.4. The van der Waals surface area contributed by atoms with Crippen molar-refractivity contribution in [1.82, 2.24) is 20.2 Å². The van der Waals surface area contributed by atoms with Gasteiger partial charge in [0.25, 0.3) is 5.91 Å². The van der Waals surface area contributed by atoms with Crippen LogP contribution in [-0.2, 0) is 22.2 Å². The number of hydrogen-bond acceptors (Lipinski definition) is 8. The monoisotopic (exact) mass is 535 g/mol. The first-order valence-corrected chi connectivity index (χ1v) is 12.8. The summed E-state index contributed by atoms with van der Waals surface area (Å²) in [6.07, 6.45) is -0.578. The first-order chi connectivity index (χ1) is 18.2. The summed E-state index contributed by atoms with van der Waals surface area (Å²) in [5, 5.41) is 3.68. The number of methoxy groups -OCH3 is 1. The Hall–Kier alpha value is -2.96. The number of aromatic nitrogens is 2. The fourth-order valence-corrected chi connectivity index (χ4v) is 5.37. The molecule has 2 atom stereocenters. The quantitative estimate of drug-likeness (QED) is 0.625. The van der Waals surface area contributed by atoms with Crippen molar-refractivity contribution in [3.05, 3.63) is 46.9 Å². The lowest BCUT2D eigenvalue weighted by molar-refractivity contribution is -0.137. The molecule has 0 bridgehead atoms. The molecular formula is C26H32F3N5O4. The van der Waals surface area contributed by atoms with E-state index in [4.69, 9.17) is 14.2 Å². The maximum absolute atomic E-state index is 13.4. The van der Waals surface area contributed by atoms with Crippen molar-refractivity contribution in [3.8, 4) is 5.75 Å². The Morgan fingerprint density at radius 1 is 1.18 bits per heavy atom. The molecule has 206 valence electrons. The zero-order valence-electron chi connectivity index (χ0n) is 21.5. The van der Waals surface area contributed by atoms with Crippen LogP contribution in [0.2, 0.25) is 0 Å². The molecule has 3 aliphatic heterocycles. The van der Waals surface area contributed by atoms with Crippen LogP contribution in [-0.4, -0.2) is 79.1 Å². The fraction of sp³-hybridized carbons (Fsp3) is 0.577. The van der Waals surface area contributed by atoms with E-state index in [1.165, 1.54) is 12.4 Å². The van der Waals surface area contributed by atoms with Gasteiger partial charge in [-0.1, -0.05) is 0 Å². The van der Waals surface area contributed by atoms with Gasteiger partial charge in [0.05, 0.1) is 24.8 Å². The predicted octanol–water partition coefficient (Wildman–Crippen LogP) is 3.16. The number of halogens is 3. The Balaban J connectivity index is 1.24. The van der Waals surface area contributed by atoms with E-state index in [1.807, 2.05) is 0 Å². The summed E-state index contributed by atoms with van der Waals surface area (Å²) in [5.74, 6) is 0.697. The summed E-state index contributed by atoms with van der Waals surface area (Å²) in [5.41, 5.74) is 0.540. The number of rotatable bonds is 5. The van der Waals surface area contributed by atoms with Gasteiger partial charge in [-0.15, -0.1) is 0 Å². The molecule has 2 aromatic rings. The largest absolute Gasteiger partial charge is 0.473 e. The molecule has 1 aromatic heterocycles. The maximum Gasteiger partial charge on any atom is 0.416 e. The lowest BCUT2D eigenvalue weighted by atomic mass is 9.99. The third kappa shape index (κ3) is 5.57. The van der Waals surface area contributed by atoms with Gasteiger partial charge >= 0.3 is 6.18 Å². The number of nitrogens with one attached hydrogen (secondary N) is 1. The number of alkyl halides is 3. The van der Waals surface area contributed by atoms with Crippen LogP contribution in [0, 0.1) is 6.92 Å². The van der Waals surface area contributed by atoms with E-state index in [2.05, 4.69) is 15.3 Å². The molecule has 2 fully saturated rings. The average Bonchev–Trinajstić information content (AvgIpc) is 2.92. The van der Waals surface area contributed by atoms with Gasteiger partial charge in [0.2, 0.25) is 0 Å². The van der Waals surface area contributed by atoms with Crippen LogP contribution in [0.5, 0.6) is 5.75 Å². The Kier molecular flexibility index (Phi) is 7.73. The highest BCUT2D eigenvalue weighted by molar-refractivity contribution is 5.94. The molecule has 4 heterocycles. The smallest absolute Gasteiger partial charge is 0.416 e. The predicted molar refractivity (Wildman–Crippen MR) is 132 cm³/mol. The van der Waals surface area contributed by atoms with Crippen molar-refractivity contribution in [1.29, 1.82) is 0 Å². The van der Waals surface area contributed by atoms with Gasteiger partial charge in [-0.05, 0) is 44.4 Å². The third-order valence-electron chi connectivity index (χ3n) is 7.52. The molecular weight excluding hydrogens is 503 g/mol.